The van der Waals surface area contributed by atoms with E-state index < -0.39 is 5.95 Å². The number of oxime groups is 1. The smallest absolute Gasteiger partial charge is 0.215 e. The van der Waals surface area contributed by atoms with E-state index >= 15 is 0 Å². The number of nitrogens with zero attached hydrogens (tertiary/aromatic N) is 2. The van der Waals surface area contributed by atoms with E-state index in [2.05, 4.69) is 10.1 Å². The molecule has 0 aliphatic heterocycles. The maximum Gasteiger partial charge on any atom is 0.215 e. The molecule has 1 aromatic heterocycles. The summed E-state index contributed by atoms with van der Waals surface area (Å²) in [6, 6.07) is 1.66. The zero-order valence-corrected chi connectivity index (χ0v) is 9.41. The molecule has 0 aromatic carbocycles. The highest BCUT2D eigenvalue weighted by Crippen LogP contribution is 2.08. The molecule has 1 rings (SSSR count). The standard InChI is InChI=1S/C11H15FN2O/c1-8-5-9(6-13-10(8)12)7-14-15-11(2,3)4/h5-7H,1-4H3/b14-7+. The van der Waals surface area contributed by atoms with Gasteiger partial charge >= 0.3 is 0 Å². The first-order valence-corrected chi connectivity index (χ1v) is 4.72. The van der Waals surface area contributed by atoms with Crippen LogP contribution in [0, 0.1) is 12.9 Å². The van der Waals surface area contributed by atoms with E-state index in [0.717, 1.165) is 5.56 Å². The van der Waals surface area contributed by atoms with Gasteiger partial charge in [0.05, 0.1) is 6.21 Å². The number of pyridine rings is 1. The van der Waals surface area contributed by atoms with Crippen LogP contribution >= 0.6 is 0 Å². The van der Waals surface area contributed by atoms with Gasteiger partial charge in [0.15, 0.2) is 0 Å². The second-order valence-corrected chi connectivity index (χ2v) is 4.31. The van der Waals surface area contributed by atoms with Gasteiger partial charge in [0.2, 0.25) is 5.95 Å². The summed E-state index contributed by atoms with van der Waals surface area (Å²) in [5.74, 6) is -0.455. The van der Waals surface area contributed by atoms with Gasteiger partial charge in [-0.15, -0.1) is 0 Å². The molecule has 0 bridgehead atoms. The van der Waals surface area contributed by atoms with E-state index in [0.29, 0.717) is 5.56 Å². The minimum atomic E-state index is -0.455. The molecule has 0 N–H and O–H groups in total. The quantitative estimate of drug-likeness (QED) is 0.427. The van der Waals surface area contributed by atoms with Gasteiger partial charge in [-0.3, -0.25) is 0 Å². The van der Waals surface area contributed by atoms with Gasteiger partial charge in [-0.2, -0.15) is 4.39 Å². The van der Waals surface area contributed by atoms with Gasteiger partial charge in [0, 0.05) is 17.3 Å². The van der Waals surface area contributed by atoms with Crippen molar-refractivity contribution in [2.45, 2.75) is 33.3 Å². The second kappa shape index (κ2) is 4.38. The van der Waals surface area contributed by atoms with E-state index in [1.807, 2.05) is 20.8 Å². The lowest BCUT2D eigenvalue weighted by molar-refractivity contribution is 0.00199. The highest BCUT2D eigenvalue weighted by atomic mass is 19.1. The van der Waals surface area contributed by atoms with Crippen LogP contribution in [0.1, 0.15) is 31.9 Å². The van der Waals surface area contributed by atoms with Crippen LogP contribution in [0.3, 0.4) is 0 Å². The van der Waals surface area contributed by atoms with E-state index in [9.17, 15) is 4.39 Å². The zero-order chi connectivity index (χ0) is 11.5. The lowest BCUT2D eigenvalue weighted by Gasteiger charge is -2.14. The van der Waals surface area contributed by atoms with Crippen molar-refractivity contribution in [3.05, 3.63) is 29.3 Å². The summed E-state index contributed by atoms with van der Waals surface area (Å²) >= 11 is 0. The number of halogens is 1. The summed E-state index contributed by atoms with van der Waals surface area (Å²) in [5.41, 5.74) is 0.895. The molecule has 0 fully saturated rings. The molecule has 0 amide bonds. The first-order valence-electron chi connectivity index (χ1n) is 4.72. The molecule has 82 valence electrons. The molecule has 0 radical (unpaired) electrons. The van der Waals surface area contributed by atoms with Gasteiger partial charge in [-0.25, -0.2) is 4.98 Å². The molecular formula is C11H15FN2O. The summed E-state index contributed by atoms with van der Waals surface area (Å²) in [6.07, 6.45) is 2.93. The van der Waals surface area contributed by atoms with Crippen LogP contribution in [0.4, 0.5) is 4.39 Å². The van der Waals surface area contributed by atoms with Crippen LogP contribution in [-0.4, -0.2) is 16.8 Å². The second-order valence-electron chi connectivity index (χ2n) is 4.31. The van der Waals surface area contributed by atoms with Gasteiger partial charge < -0.3 is 4.84 Å². The van der Waals surface area contributed by atoms with Crippen LogP contribution in [0.25, 0.3) is 0 Å². The molecule has 0 unspecified atom stereocenters. The maximum absolute atomic E-state index is 12.8. The van der Waals surface area contributed by atoms with Crippen LogP contribution in [0.15, 0.2) is 17.4 Å². The number of hydrogen-bond donors (Lipinski definition) is 0. The molecule has 0 atom stereocenters. The average molecular weight is 210 g/mol. The summed E-state index contributed by atoms with van der Waals surface area (Å²) in [5, 5.41) is 3.80. The summed E-state index contributed by atoms with van der Waals surface area (Å²) in [7, 11) is 0. The fourth-order valence-electron chi connectivity index (χ4n) is 0.896. The van der Waals surface area contributed by atoms with E-state index in [-0.39, 0.29) is 5.60 Å². The highest BCUT2D eigenvalue weighted by Gasteiger charge is 2.09. The molecule has 0 aliphatic rings. The molecule has 1 aromatic rings. The predicted octanol–water partition coefficient (Wildman–Crippen LogP) is 2.68. The fourth-order valence-corrected chi connectivity index (χ4v) is 0.896. The van der Waals surface area contributed by atoms with Crippen molar-refractivity contribution < 1.29 is 9.23 Å². The van der Waals surface area contributed by atoms with Crippen molar-refractivity contribution in [3.63, 3.8) is 0 Å². The van der Waals surface area contributed by atoms with Crippen molar-refractivity contribution in [3.8, 4) is 0 Å². The molecule has 15 heavy (non-hydrogen) atoms. The van der Waals surface area contributed by atoms with Crippen molar-refractivity contribution in [2.24, 2.45) is 5.16 Å². The van der Waals surface area contributed by atoms with Gasteiger partial charge in [0.25, 0.3) is 0 Å². The lowest BCUT2D eigenvalue weighted by Crippen LogP contribution is -2.15. The Hall–Kier alpha value is -1.45. The average Bonchev–Trinajstić information content (AvgIpc) is 2.09. The Bertz CT molecular complexity index is 369. The van der Waals surface area contributed by atoms with Crippen LogP contribution in [-0.2, 0) is 4.84 Å². The van der Waals surface area contributed by atoms with Crippen LogP contribution < -0.4 is 0 Å². The number of rotatable bonds is 2. The molecular weight excluding hydrogens is 195 g/mol. The Morgan fingerprint density at radius 2 is 2.13 bits per heavy atom. The van der Waals surface area contributed by atoms with Gasteiger partial charge in [-0.1, -0.05) is 5.16 Å². The molecule has 0 spiro atoms. The normalized spacial score (nSPS) is 12.1. The molecule has 0 aliphatic carbocycles. The Balaban J connectivity index is 2.69. The number of aromatic nitrogens is 1. The van der Waals surface area contributed by atoms with Crippen molar-refractivity contribution in [1.82, 2.24) is 4.98 Å². The SMILES string of the molecule is Cc1cc(/C=N/OC(C)(C)C)cnc1F. The topological polar surface area (TPSA) is 34.5 Å². The van der Waals surface area contributed by atoms with Crippen LogP contribution in [0.2, 0.25) is 0 Å². The summed E-state index contributed by atoms with van der Waals surface area (Å²) < 4.78 is 12.8. The third kappa shape index (κ3) is 4.06. The zero-order valence-electron chi connectivity index (χ0n) is 9.41. The molecule has 0 saturated heterocycles. The Labute approximate surface area is 89.0 Å². The van der Waals surface area contributed by atoms with Crippen molar-refractivity contribution in [2.75, 3.05) is 0 Å². The van der Waals surface area contributed by atoms with Crippen LogP contribution in [0.5, 0.6) is 0 Å². The third-order valence-corrected chi connectivity index (χ3v) is 1.56. The summed E-state index contributed by atoms with van der Waals surface area (Å²) in [6.45, 7) is 7.36. The Morgan fingerprint density at radius 3 is 2.67 bits per heavy atom. The van der Waals surface area contributed by atoms with E-state index in [4.69, 9.17) is 4.84 Å². The summed E-state index contributed by atoms with van der Waals surface area (Å²) in [4.78, 5) is 8.73. The number of hydrogen-bond acceptors (Lipinski definition) is 3. The molecule has 0 saturated carbocycles. The largest absolute Gasteiger partial charge is 0.390 e. The first kappa shape index (κ1) is 11.6. The first-order chi connectivity index (χ1) is 6.88. The van der Waals surface area contributed by atoms with Crippen molar-refractivity contribution >= 4 is 6.21 Å². The van der Waals surface area contributed by atoms with Crippen molar-refractivity contribution in [1.29, 1.82) is 0 Å². The predicted molar refractivity (Wildman–Crippen MR) is 57.4 cm³/mol. The van der Waals surface area contributed by atoms with E-state index in [1.165, 1.54) is 12.4 Å². The highest BCUT2D eigenvalue weighted by molar-refractivity contribution is 5.78. The minimum absolute atomic E-state index is 0.320. The Morgan fingerprint density at radius 1 is 1.47 bits per heavy atom. The maximum atomic E-state index is 12.8. The lowest BCUT2D eigenvalue weighted by atomic mass is 10.2. The van der Waals surface area contributed by atoms with E-state index in [1.54, 1.807) is 13.0 Å². The molecule has 1 heterocycles. The monoisotopic (exact) mass is 210 g/mol. The van der Waals surface area contributed by atoms with Gasteiger partial charge in [-0.05, 0) is 33.8 Å². The third-order valence-electron chi connectivity index (χ3n) is 1.56. The minimum Gasteiger partial charge on any atom is -0.390 e. The molecule has 3 nitrogen and oxygen atoms in total. The number of aryl methyl sites for hydroxylation is 1. The Kier molecular flexibility index (Phi) is 3.39. The fraction of sp³-hybridized carbons (Fsp3) is 0.455. The van der Waals surface area contributed by atoms with Gasteiger partial charge in [0.1, 0.15) is 5.60 Å². The molecule has 4 heteroatoms.